The van der Waals surface area contributed by atoms with E-state index in [9.17, 15) is 32.1 Å². The van der Waals surface area contributed by atoms with E-state index >= 15 is 0 Å². The van der Waals surface area contributed by atoms with Crippen LogP contribution in [0.5, 0.6) is 0 Å². The number of ketones is 1. The summed E-state index contributed by atoms with van der Waals surface area (Å²) in [4.78, 5) is 63.2. The lowest BCUT2D eigenvalue weighted by atomic mass is 10.00. The molecular formula is C33H38N6O7S3. The van der Waals surface area contributed by atoms with Gasteiger partial charge in [-0.05, 0) is 59.9 Å². The van der Waals surface area contributed by atoms with Crippen LogP contribution in [0.25, 0.3) is 21.8 Å². The van der Waals surface area contributed by atoms with Crippen molar-refractivity contribution in [3.63, 3.8) is 0 Å². The number of fused-ring (bicyclic) bond motifs is 3. The number of unbranched alkanes of at least 4 members (excludes halogenated alkanes) is 1. The van der Waals surface area contributed by atoms with Crippen molar-refractivity contribution in [2.75, 3.05) is 24.6 Å². The van der Waals surface area contributed by atoms with Gasteiger partial charge in [0.1, 0.15) is 22.6 Å². The van der Waals surface area contributed by atoms with E-state index in [0.717, 1.165) is 26.9 Å². The van der Waals surface area contributed by atoms with Crippen LogP contribution in [0.4, 0.5) is 0 Å². The summed E-state index contributed by atoms with van der Waals surface area (Å²) >= 11 is 0. The topological polar surface area (TPSA) is 197 Å². The Hall–Kier alpha value is -4.12. The second kappa shape index (κ2) is 19.2. The molecule has 1 unspecified atom stereocenters. The number of pyridine rings is 3. The van der Waals surface area contributed by atoms with Gasteiger partial charge in [-0.15, -0.1) is 0 Å². The molecule has 0 aliphatic carbocycles. The van der Waals surface area contributed by atoms with Crippen molar-refractivity contribution < 1.29 is 32.1 Å². The van der Waals surface area contributed by atoms with Gasteiger partial charge in [-0.3, -0.25) is 33.7 Å². The highest BCUT2D eigenvalue weighted by Gasteiger charge is 2.26. The normalized spacial score (nSPS) is 12.0. The van der Waals surface area contributed by atoms with Crippen molar-refractivity contribution >= 4 is 77.0 Å². The molecule has 1 atom stereocenters. The van der Waals surface area contributed by atoms with Gasteiger partial charge in [0.15, 0.2) is 0 Å². The number of Topliss-reactive ketones (excluding diaryl/α,β-unsaturated/α-hetero) is 1. The van der Waals surface area contributed by atoms with Gasteiger partial charge in [0, 0.05) is 73.9 Å². The van der Waals surface area contributed by atoms with Gasteiger partial charge in [-0.25, -0.2) is 4.98 Å². The lowest BCUT2D eigenvalue weighted by Crippen LogP contribution is -2.50. The van der Waals surface area contributed by atoms with Crippen LogP contribution in [-0.4, -0.2) is 82.1 Å². The third-order valence-corrected chi connectivity index (χ3v) is 10.3. The van der Waals surface area contributed by atoms with E-state index in [4.69, 9.17) is 0 Å². The average molecular weight is 727 g/mol. The SMILES string of the molecule is O=C(CCCC(=O)NC(CS(=O)(=O)O)C(=O)NCCCCC(=O)NCCSSc1ccccn1)Cc1ccnc2c1ccc1cccnc12. The summed E-state index contributed by atoms with van der Waals surface area (Å²) in [5.41, 5.74) is 2.24. The monoisotopic (exact) mass is 726 g/mol. The third kappa shape index (κ3) is 13.0. The average Bonchev–Trinajstić information content (AvgIpc) is 3.07. The molecule has 4 aromatic rings. The van der Waals surface area contributed by atoms with Gasteiger partial charge < -0.3 is 16.0 Å². The molecule has 16 heteroatoms. The largest absolute Gasteiger partial charge is 0.355 e. The molecule has 13 nitrogen and oxygen atoms in total. The molecule has 3 heterocycles. The van der Waals surface area contributed by atoms with Gasteiger partial charge in [0.2, 0.25) is 17.7 Å². The number of carbonyl (C=O) groups is 4. The number of rotatable bonds is 20. The second-order valence-electron chi connectivity index (χ2n) is 11.1. The Labute approximate surface area is 292 Å². The van der Waals surface area contributed by atoms with Gasteiger partial charge in [0.25, 0.3) is 10.1 Å². The van der Waals surface area contributed by atoms with Crippen molar-refractivity contribution in [1.29, 1.82) is 0 Å². The Morgan fingerprint density at radius 1 is 0.776 bits per heavy atom. The third-order valence-electron chi connectivity index (χ3n) is 7.27. The molecule has 0 fully saturated rings. The molecule has 0 aliphatic rings. The van der Waals surface area contributed by atoms with E-state index in [0.29, 0.717) is 30.7 Å². The fourth-order valence-corrected chi connectivity index (χ4v) is 7.38. The smallest absolute Gasteiger partial charge is 0.267 e. The number of amides is 3. The molecule has 1 aromatic carbocycles. The molecule has 260 valence electrons. The van der Waals surface area contributed by atoms with Gasteiger partial charge in [-0.1, -0.05) is 35.1 Å². The molecule has 0 saturated carbocycles. The van der Waals surface area contributed by atoms with Crippen molar-refractivity contribution in [3.8, 4) is 0 Å². The van der Waals surface area contributed by atoms with Crippen LogP contribution in [-0.2, 0) is 35.7 Å². The van der Waals surface area contributed by atoms with Crippen molar-refractivity contribution in [3.05, 3.63) is 72.7 Å². The number of aromatic nitrogens is 3. The summed E-state index contributed by atoms with van der Waals surface area (Å²) in [6, 6.07) is 13.5. The number of carbonyl (C=O) groups excluding carboxylic acids is 4. The first-order valence-corrected chi connectivity index (χ1v) is 19.6. The van der Waals surface area contributed by atoms with Gasteiger partial charge in [-0.2, -0.15) is 8.42 Å². The van der Waals surface area contributed by atoms with Crippen LogP contribution in [0.1, 0.15) is 44.1 Å². The quantitative estimate of drug-likeness (QED) is 0.0447. The van der Waals surface area contributed by atoms with Crippen molar-refractivity contribution in [2.45, 2.75) is 56.0 Å². The Morgan fingerprint density at radius 2 is 1.57 bits per heavy atom. The predicted octanol–water partition coefficient (Wildman–Crippen LogP) is 3.68. The summed E-state index contributed by atoms with van der Waals surface area (Å²) < 4.78 is 32.4. The molecule has 0 saturated heterocycles. The maximum Gasteiger partial charge on any atom is 0.267 e. The Morgan fingerprint density at radius 3 is 2.37 bits per heavy atom. The van der Waals surface area contributed by atoms with Gasteiger partial charge >= 0.3 is 0 Å². The molecule has 0 spiro atoms. The number of hydrogen-bond donors (Lipinski definition) is 4. The van der Waals surface area contributed by atoms with Crippen LogP contribution < -0.4 is 16.0 Å². The zero-order valence-corrected chi connectivity index (χ0v) is 29.1. The molecule has 4 N–H and O–H groups in total. The lowest BCUT2D eigenvalue weighted by Gasteiger charge is -2.17. The van der Waals surface area contributed by atoms with Crippen LogP contribution in [0.3, 0.4) is 0 Å². The standard InChI is InChI=1S/C33H38N6O7S3/c40-25(21-24-14-18-37-32-26(24)13-12-23-7-6-17-36-31(23)32)8-5-10-29(42)39-27(22-49(44,45)46)33(43)38-16-3-1-9-28(41)34-19-20-47-48-30-11-2-4-15-35-30/h2,4,6-7,11-15,17-18,27H,1,3,5,8-10,16,19-22H2,(H,34,41)(H,38,43)(H,39,42)(H,44,45,46). The second-order valence-corrected chi connectivity index (χ2v) is 15.0. The van der Waals surface area contributed by atoms with E-state index in [-0.39, 0.29) is 50.3 Å². The zero-order chi connectivity index (χ0) is 35.1. The molecule has 0 bridgehead atoms. The fraction of sp³-hybridized carbons (Fsp3) is 0.364. The van der Waals surface area contributed by atoms with E-state index in [1.165, 1.54) is 10.8 Å². The zero-order valence-electron chi connectivity index (χ0n) is 26.7. The fourth-order valence-electron chi connectivity index (χ4n) is 4.94. The summed E-state index contributed by atoms with van der Waals surface area (Å²) in [5, 5.41) is 10.4. The number of benzene rings is 1. The van der Waals surface area contributed by atoms with E-state index < -0.39 is 33.7 Å². The number of hydrogen-bond acceptors (Lipinski definition) is 11. The van der Waals surface area contributed by atoms with E-state index in [2.05, 4.69) is 30.9 Å². The predicted molar refractivity (Wildman–Crippen MR) is 190 cm³/mol. The van der Waals surface area contributed by atoms with E-state index in [1.54, 1.807) is 35.5 Å². The molecule has 4 rings (SSSR count). The lowest BCUT2D eigenvalue weighted by molar-refractivity contribution is -0.128. The highest BCUT2D eigenvalue weighted by atomic mass is 33.1. The highest BCUT2D eigenvalue weighted by molar-refractivity contribution is 8.76. The first kappa shape index (κ1) is 37.7. The maximum absolute atomic E-state index is 12.8. The Balaban J connectivity index is 1.14. The molecule has 0 radical (unpaired) electrons. The molecule has 3 amide bonds. The molecule has 3 aromatic heterocycles. The van der Waals surface area contributed by atoms with Crippen LogP contribution in [0.15, 0.2) is 72.1 Å². The van der Waals surface area contributed by atoms with E-state index in [1.807, 2.05) is 42.5 Å². The minimum atomic E-state index is -4.59. The first-order valence-electron chi connectivity index (χ1n) is 15.7. The minimum Gasteiger partial charge on any atom is -0.355 e. The van der Waals surface area contributed by atoms with Crippen molar-refractivity contribution in [1.82, 2.24) is 30.9 Å². The van der Waals surface area contributed by atoms with Crippen LogP contribution in [0, 0.1) is 0 Å². The highest BCUT2D eigenvalue weighted by Crippen LogP contribution is 2.28. The van der Waals surface area contributed by atoms with Crippen LogP contribution >= 0.6 is 21.6 Å². The van der Waals surface area contributed by atoms with Gasteiger partial charge in [0.05, 0.1) is 11.0 Å². The van der Waals surface area contributed by atoms with Crippen molar-refractivity contribution in [2.24, 2.45) is 0 Å². The number of nitrogens with zero attached hydrogens (tertiary/aromatic N) is 3. The molecule has 49 heavy (non-hydrogen) atoms. The van der Waals surface area contributed by atoms with Crippen LogP contribution in [0.2, 0.25) is 0 Å². The number of nitrogens with one attached hydrogen (secondary N) is 3. The molecule has 0 aliphatic heterocycles. The maximum atomic E-state index is 12.8. The molecular weight excluding hydrogens is 689 g/mol. The Kier molecular flexibility index (Phi) is 14.7. The minimum absolute atomic E-state index is 0.0920. The summed E-state index contributed by atoms with van der Waals surface area (Å²) in [6.45, 7) is 0.646. The first-order chi connectivity index (χ1) is 23.6. The summed E-state index contributed by atoms with van der Waals surface area (Å²) in [6.07, 6.45) is 6.51. The summed E-state index contributed by atoms with van der Waals surface area (Å²) in [7, 11) is -1.47. The summed E-state index contributed by atoms with van der Waals surface area (Å²) in [5.74, 6) is -1.91. The Bertz CT molecular complexity index is 1860.